The summed E-state index contributed by atoms with van der Waals surface area (Å²) < 4.78 is 6.11. The van der Waals surface area contributed by atoms with Gasteiger partial charge in [0.2, 0.25) is 0 Å². The third-order valence-corrected chi connectivity index (χ3v) is 3.66. The molecular formula is C12H17BrO2. The summed E-state index contributed by atoms with van der Waals surface area (Å²) >= 11 is 3.26. The maximum Gasteiger partial charge on any atom is 0.169 e. The van der Waals surface area contributed by atoms with Crippen LogP contribution in [0.2, 0.25) is 0 Å². The highest BCUT2D eigenvalue weighted by atomic mass is 79.9. The molecule has 1 heterocycles. The van der Waals surface area contributed by atoms with E-state index in [1.807, 2.05) is 12.1 Å². The van der Waals surface area contributed by atoms with Crippen molar-refractivity contribution in [2.24, 2.45) is 5.92 Å². The Bertz CT molecular complexity index is 300. The van der Waals surface area contributed by atoms with Crippen LogP contribution in [0.3, 0.4) is 0 Å². The molecule has 84 valence electrons. The fraction of sp³-hybridized carbons (Fsp3) is 0.667. The van der Waals surface area contributed by atoms with Gasteiger partial charge in [-0.2, -0.15) is 0 Å². The predicted octanol–water partition coefficient (Wildman–Crippen LogP) is 4.05. The summed E-state index contributed by atoms with van der Waals surface area (Å²) in [5.41, 5.74) is 0. The minimum atomic E-state index is -0.422. The maximum atomic E-state index is 10.2. The van der Waals surface area contributed by atoms with Gasteiger partial charge in [0.1, 0.15) is 11.9 Å². The van der Waals surface area contributed by atoms with E-state index in [9.17, 15) is 5.11 Å². The summed E-state index contributed by atoms with van der Waals surface area (Å²) in [5, 5.41) is 10.2. The Labute approximate surface area is 98.8 Å². The molecule has 1 saturated carbocycles. The lowest BCUT2D eigenvalue weighted by Gasteiger charge is -2.18. The molecule has 1 N–H and O–H groups in total. The van der Waals surface area contributed by atoms with Crippen molar-refractivity contribution in [2.45, 2.75) is 44.6 Å². The number of furan rings is 1. The van der Waals surface area contributed by atoms with Gasteiger partial charge >= 0.3 is 0 Å². The molecule has 15 heavy (non-hydrogen) atoms. The van der Waals surface area contributed by atoms with Gasteiger partial charge in [0, 0.05) is 0 Å². The van der Waals surface area contributed by atoms with Gasteiger partial charge < -0.3 is 9.52 Å². The van der Waals surface area contributed by atoms with E-state index in [0.29, 0.717) is 16.3 Å². The van der Waals surface area contributed by atoms with Crippen molar-refractivity contribution in [3.05, 3.63) is 22.6 Å². The Hall–Kier alpha value is -0.280. The topological polar surface area (TPSA) is 33.4 Å². The zero-order chi connectivity index (χ0) is 10.7. The van der Waals surface area contributed by atoms with Crippen LogP contribution < -0.4 is 0 Å². The molecule has 2 nitrogen and oxygen atoms in total. The standard InChI is InChI=1S/C12H17BrO2/c13-11-8-7-10(15-11)12(14)9-5-3-1-2-4-6-9/h7-9,12,14H,1-6H2. The quantitative estimate of drug-likeness (QED) is 0.825. The molecule has 2 rings (SSSR count). The molecule has 0 aliphatic heterocycles. The molecule has 0 spiro atoms. The number of aliphatic hydroxyl groups excluding tert-OH is 1. The van der Waals surface area contributed by atoms with E-state index in [-0.39, 0.29) is 0 Å². The second-order valence-corrected chi connectivity index (χ2v) is 5.12. The highest BCUT2D eigenvalue weighted by Gasteiger charge is 2.24. The summed E-state index contributed by atoms with van der Waals surface area (Å²) in [6.45, 7) is 0. The monoisotopic (exact) mass is 272 g/mol. The summed E-state index contributed by atoms with van der Waals surface area (Å²) in [7, 11) is 0. The van der Waals surface area contributed by atoms with Crippen molar-refractivity contribution in [1.29, 1.82) is 0 Å². The van der Waals surface area contributed by atoms with E-state index in [1.54, 1.807) is 0 Å². The third kappa shape index (κ3) is 2.85. The number of aliphatic hydroxyl groups is 1. The Morgan fingerprint density at radius 2 is 1.87 bits per heavy atom. The van der Waals surface area contributed by atoms with Crippen molar-refractivity contribution in [3.8, 4) is 0 Å². The molecule has 0 radical (unpaired) electrons. The molecule has 1 aliphatic rings. The average molecular weight is 273 g/mol. The molecule has 1 aliphatic carbocycles. The van der Waals surface area contributed by atoms with Crippen LogP contribution >= 0.6 is 15.9 Å². The first-order valence-electron chi connectivity index (χ1n) is 5.70. The molecule has 1 fully saturated rings. The van der Waals surface area contributed by atoms with Crippen molar-refractivity contribution >= 4 is 15.9 Å². The van der Waals surface area contributed by atoms with Gasteiger partial charge in [0.25, 0.3) is 0 Å². The molecule has 0 aromatic carbocycles. The van der Waals surface area contributed by atoms with Gasteiger partial charge in [-0.15, -0.1) is 0 Å². The van der Waals surface area contributed by atoms with Crippen LogP contribution in [-0.4, -0.2) is 5.11 Å². The smallest absolute Gasteiger partial charge is 0.169 e. The summed E-state index contributed by atoms with van der Waals surface area (Å²) in [6.07, 6.45) is 6.93. The second-order valence-electron chi connectivity index (χ2n) is 4.34. The Kier molecular flexibility index (Phi) is 3.87. The van der Waals surface area contributed by atoms with Crippen LogP contribution in [0.5, 0.6) is 0 Å². The van der Waals surface area contributed by atoms with Crippen LogP contribution in [0.4, 0.5) is 0 Å². The van der Waals surface area contributed by atoms with Crippen molar-refractivity contribution in [1.82, 2.24) is 0 Å². The largest absolute Gasteiger partial charge is 0.452 e. The van der Waals surface area contributed by atoms with Crippen LogP contribution in [0.1, 0.15) is 50.4 Å². The van der Waals surface area contributed by atoms with Crippen LogP contribution in [0.15, 0.2) is 21.2 Å². The maximum absolute atomic E-state index is 10.2. The van der Waals surface area contributed by atoms with Crippen LogP contribution in [0, 0.1) is 5.92 Å². The van der Waals surface area contributed by atoms with Gasteiger partial charge in [0.05, 0.1) is 0 Å². The zero-order valence-corrected chi connectivity index (χ0v) is 10.4. The third-order valence-electron chi connectivity index (χ3n) is 3.23. The molecule has 0 saturated heterocycles. The number of rotatable bonds is 2. The van der Waals surface area contributed by atoms with Crippen molar-refractivity contribution in [2.75, 3.05) is 0 Å². The van der Waals surface area contributed by atoms with E-state index >= 15 is 0 Å². The van der Waals surface area contributed by atoms with Crippen LogP contribution in [0.25, 0.3) is 0 Å². The molecular weight excluding hydrogens is 256 g/mol. The first-order chi connectivity index (χ1) is 7.27. The number of halogens is 1. The van der Waals surface area contributed by atoms with Crippen molar-refractivity contribution < 1.29 is 9.52 Å². The first kappa shape index (κ1) is 11.2. The average Bonchev–Trinajstić information content (AvgIpc) is 2.53. The lowest BCUT2D eigenvalue weighted by atomic mass is 9.93. The fourth-order valence-corrected chi connectivity index (χ4v) is 2.67. The van der Waals surface area contributed by atoms with Gasteiger partial charge in [-0.3, -0.25) is 0 Å². The predicted molar refractivity (Wildman–Crippen MR) is 62.6 cm³/mol. The number of hydrogen-bond donors (Lipinski definition) is 1. The van der Waals surface area contributed by atoms with E-state index in [4.69, 9.17) is 4.42 Å². The van der Waals surface area contributed by atoms with E-state index in [2.05, 4.69) is 15.9 Å². The van der Waals surface area contributed by atoms with E-state index in [1.165, 1.54) is 25.7 Å². The minimum absolute atomic E-state index is 0.380. The van der Waals surface area contributed by atoms with Gasteiger partial charge in [-0.1, -0.05) is 25.7 Å². The Morgan fingerprint density at radius 3 is 2.40 bits per heavy atom. The van der Waals surface area contributed by atoms with Gasteiger partial charge in [0.15, 0.2) is 4.67 Å². The van der Waals surface area contributed by atoms with E-state index < -0.39 is 6.10 Å². The lowest BCUT2D eigenvalue weighted by Crippen LogP contribution is -2.11. The molecule has 3 heteroatoms. The second kappa shape index (κ2) is 5.17. The summed E-state index contributed by atoms with van der Waals surface area (Å²) in [4.78, 5) is 0. The van der Waals surface area contributed by atoms with Crippen molar-refractivity contribution in [3.63, 3.8) is 0 Å². The molecule has 0 bridgehead atoms. The first-order valence-corrected chi connectivity index (χ1v) is 6.50. The molecule has 1 atom stereocenters. The Balaban J connectivity index is 2.02. The molecule has 0 amide bonds. The SMILES string of the molecule is OC(c1ccc(Br)o1)C1CCCCCC1. The van der Waals surface area contributed by atoms with Gasteiger partial charge in [-0.05, 0) is 46.8 Å². The minimum Gasteiger partial charge on any atom is -0.452 e. The highest BCUT2D eigenvalue weighted by Crippen LogP contribution is 2.34. The number of hydrogen-bond acceptors (Lipinski definition) is 2. The molecule has 1 aromatic heterocycles. The summed E-state index contributed by atoms with van der Waals surface area (Å²) in [6, 6.07) is 3.70. The molecule has 1 aromatic rings. The molecule has 1 unspecified atom stereocenters. The Morgan fingerprint density at radius 1 is 1.20 bits per heavy atom. The summed E-state index contributed by atoms with van der Waals surface area (Å²) in [5.74, 6) is 1.08. The van der Waals surface area contributed by atoms with Gasteiger partial charge in [-0.25, -0.2) is 0 Å². The fourth-order valence-electron chi connectivity index (χ4n) is 2.35. The zero-order valence-electron chi connectivity index (χ0n) is 8.79. The lowest BCUT2D eigenvalue weighted by molar-refractivity contribution is 0.0766. The van der Waals surface area contributed by atoms with Crippen LogP contribution in [-0.2, 0) is 0 Å². The normalized spacial score (nSPS) is 21.2. The van der Waals surface area contributed by atoms with E-state index in [0.717, 1.165) is 12.8 Å². The highest BCUT2D eigenvalue weighted by molar-refractivity contribution is 9.10.